The van der Waals surface area contributed by atoms with Gasteiger partial charge in [0.15, 0.2) is 6.10 Å². The van der Waals surface area contributed by atoms with Gasteiger partial charge in [0.1, 0.15) is 5.75 Å². The minimum absolute atomic E-state index is 0.0545. The van der Waals surface area contributed by atoms with Gasteiger partial charge in [0.25, 0.3) is 10.1 Å². The zero-order chi connectivity index (χ0) is 22.6. The minimum Gasteiger partial charge on any atom is -0.497 e. The average Bonchev–Trinajstić information content (AvgIpc) is 2.71. The van der Waals surface area contributed by atoms with Gasteiger partial charge in [0.05, 0.1) is 32.7 Å². The fourth-order valence-electron chi connectivity index (χ4n) is 2.46. The van der Waals surface area contributed by atoms with Crippen LogP contribution in [0.15, 0.2) is 29.4 Å². The molecule has 0 aromatic heterocycles. The molecule has 0 amide bonds. The first-order chi connectivity index (χ1) is 14.1. The van der Waals surface area contributed by atoms with E-state index >= 15 is 0 Å². The van der Waals surface area contributed by atoms with Crippen molar-refractivity contribution in [2.75, 3.05) is 32.6 Å². The third-order valence-corrected chi connectivity index (χ3v) is 5.38. The first-order valence-corrected chi connectivity index (χ1v) is 11.0. The standard InChI is InChI=1S/C19H29N3O7S/c1-5-27-18(23)17(28-13-15-7-9-16(26-4)10-8-15)19(2,3)14-29-30(24,25)12-6-11-21-22-20/h7-10,17H,5-6,11-14H2,1-4H3. The highest BCUT2D eigenvalue weighted by Crippen LogP contribution is 2.27. The number of hydrogen-bond donors (Lipinski definition) is 0. The molecule has 0 radical (unpaired) electrons. The summed E-state index contributed by atoms with van der Waals surface area (Å²) in [6.45, 7) is 5.07. The molecular weight excluding hydrogens is 414 g/mol. The Balaban J connectivity index is 2.80. The highest BCUT2D eigenvalue weighted by atomic mass is 32.2. The molecule has 0 saturated heterocycles. The van der Waals surface area contributed by atoms with Crippen LogP contribution in [-0.4, -0.2) is 53.1 Å². The van der Waals surface area contributed by atoms with Crippen molar-refractivity contribution < 1.29 is 31.6 Å². The lowest BCUT2D eigenvalue weighted by Gasteiger charge is -2.32. The summed E-state index contributed by atoms with van der Waals surface area (Å²) in [6.07, 6.45) is -0.903. The van der Waals surface area contributed by atoms with Gasteiger partial charge in [-0.25, -0.2) is 4.79 Å². The van der Waals surface area contributed by atoms with Crippen molar-refractivity contribution >= 4 is 16.1 Å². The van der Waals surface area contributed by atoms with Crippen molar-refractivity contribution in [3.05, 3.63) is 40.3 Å². The number of benzene rings is 1. The molecule has 11 heteroatoms. The fourth-order valence-corrected chi connectivity index (χ4v) is 3.55. The van der Waals surface area contributed by atoms with Crippen molar-refractivity contribution in [3.8, 4) is 5.75 Å². The summed E-state index contributed by atoms with van der Waals surface area (Å²) in [7, 11) is -2.28. The molecule has 168 valence electrons. The van der Waals surface area contributed by atoms with Gasteiger partial charge >= 0.3 is 5.97 Å². The molecule has 1 atom stereocenters. The molecule has 0 saturated carbocycles. The second-order valence-electron chi connectivity index (χ2n) is 7.11. The topological polar surface area (TPSA) is 137 Å². The molecule has 30 heavy (non-hydrogen) atoms. The Hall–Kier alpha value is -2.33. The van der Waals surface area contributed by atoms with Crippen LogP contribution < -0.4 is 4.74 Å². The summed E-state index contributed by atoms with van der Waals surface area (Å²) in [4.78, 5) is 15.0. The fraction of sp³-hybridized carbons (Fsp3) is 0.632. The van der Waals surface area contributed by atoms with Crippen LogP contribution >= 0.6 is 0 Å². The van der Waals surface area contributed by atoms with Crippen LogP contribution in [0.25, 0.3) is 10.4 Å². The molecule has 10 nitrogen and oxygen atoms in total. The highest BCUT2D eigenvalue weighted by Gasteiger charge is 2.39. The van der Waals surface area contributed by atoms with E-state index in [2.05, 4.69) is 10.0 Å². The Morgan fingerprint density at radius 2 is 1.93 bits per heavy atom. The quantitative estimate of drug-likeness (QED) is 0.107. The molecule has 0 aliphatic heterocycles. The normalized spacial score (nSPS) is 12.7. The molecule has 1 aromatic carbocycles. The van der Waals surface area contributed by atoms with E-state index in [0.29, 0.717) is 5.75 Å². The number of azide groups is 1. The SMILES string of the molecule is CCOC(=O)C(OCc1ccc(OC)cc1)C(C)(C)COS(=O)(=O)CCCN=[N+]=[N-]. The number of carbonyl (C=O) groups is 1. The van der Waals surface area contributed by atoms with E-state index in [-0.39, 0.29) is 38.5 Å². The number of rotatable bonds is 14. The first kappa shape index (κ1) is 25.7. The summed E-state index contributed by atoms with van der Waals surface area (Å²) in [5.74, 6) is -0.195. The summed E-state index contributed by atoms with van der Waals surface area (Å²) in [5, 5.41) is 3.29. The Morgan fingerprint density at radius 1 is 1.27 bits per heavy atom. The van der Waals surface area contributed by atoms with Gasteiger partial charge in [0.2, 0.25) is 0 Å². The van der Waals surface area contributed by atoms with Gasteiger partial charge in [-0.1, -0.05) is 31.1 Å². The molecule has 1 rings (SSSR count). The zero-order valence-corrected chi connectivity index (χ0v) is 18.6. The van der Waals surface area contributed by atoms with E-state index < -0.39 is 27.6 Å². The smallest absolute Gasteiger partial charge is 0.335 e. The van der Waals surface area contributed by atoms with Crippen molar-refractivity contribution in [2.24, 2.45) is 10.5 Å². The maximum absolute atomic E-state index is 12.5. The second-order valence-corrected chi connectivity index (χ2v) is 8.87. The monoisotopic (exact) mass is 443 g/mol. The summed E-state index contributed by atoms with van der Waals surface area (Å²) in [6, 6.07) is 7.15. The number of hydrogen-bond acceptors (Lipinski definition) is 8. The average molecular weight is 444 g/mol. The zero-order valence-electron chi connectivity index (χ0n) is 17.7. The Bertz CT molecular complexity index is 819. The van der Waals surface area contributed by atoms with Crippen molar-refractivity contribution in [1.82, 2.24) is 0 Å². The molecular formula is C19H29N3O7S. The van der Waals surface area contributed by atoms with Gasteiger partial charge in [-0.3, -0.25) is 4.18 Å². The summed E-state index contributed by atoms with van der Waals surface area (Å²) >= 11 is 0. The second kappa shape index (κ2) is 12.4. The van der Waals surface area contributed by atoms with Crippen LogP contribution in [0.2, 0.25) is 0 Å². The van der Waals surface area contributed by atoms with Crippen molar-refractivity contribution in [2.45, 2.75) is 39.9 Å². The lowest BCUT2D eigenvalue weighted by molar-refractivity contribution is -0.168. The maximum Gasteiger partial charge on any atom is 0.335 e. The van der Waals surface area contributed by atoms with Gasteiger partial charge in [-0.2, -0.15) is 8.42 Å². The van der Waals surface area contributed by atoms with Crippen molar-refractivity contribution in [1.29, 1.82) is 0 Å². The molecule has 0 bridgehead atoms. The molecule has 0 aliphatic rings. The van der Waals surface area contributed by atoms with E-state index in [9.17, 15) is 13.2 Å². The Labute approximate surface area is 177 Å². The lowest BCUT2D eigenvalue weighted by atomic mass is 9.87. The molecule has 0 heterocycles. The first-order valence-electron chi connectivity index (χ1n) is 9.44. The van der Waals surface area contributed by atoms with Crippen LogP contribution in [0.1, 0.15) is 32.8 Å². The van der Waals surface area contributed by atoms with E-state index in [1.165, 1.54) is 0 Å². The van der Waals surface area contributed by atoms with Crippen LogP contribution in [-0.2, 0) is 35.2 Å². The Morgan fingerprint density at radius 3 is 2.50 bits per heavy atom. The number of carbonyl (C=O) groups excluding carboxylic acids is 1. The third kappa shape index (κ3) is 9.00. The van der Waals surface area contributed by atoms with Gasteiger partial charge in [-0.05, 0) is 36.6 Å². The van der Waals surface area contributed by atoms with Crippen LogP contribution in [0.3, 0.4) is 0 Å². The molecule has 1 aromatic rings. The summed E-state index contributed by atoms with van der Waals surface area (Å²) in [5.41, 5.74) is 8.06. The number of methoxy groups -OCH3 is 1. The van der Waals surface area contributed by atoms with Gasteiger partial charge in [-0.15, -0.1) is 0 Å². The van der Waals surface area contributed by atoms with E-state index in [1.807, 2.05) is 0 Å². The van der Waals surface area contributed by atoms with E-state index in [1.54, 1.807) is 52.1 Å². The third-order valence-electron chi connectivity index (χ3n) is 4.11. The predicted molar refractivity (Wildman–Crippen MR) is 110 cm³/mol. The maximum atomic E-state index is 12.5. The largest absolute Gasteiger partial charge is 0.497 e. The predicted octanol–water partition coefficient (Wildman–Crippen LogP) is 3.22. The molecule has 0 spiro atoms. The highest BCUT2D eigenvalue weighted by molar-refractivity contribution is 7.86. The minimum atomic E-state index is -3.85. The molecule has 0 aliphatic carbocycles. The summed E-state index contributed by atoms with van der Waals surface area (Å²) < 4.78 is 45.3. The van der Waals surface area contributed by atoms with Crippen LogP contribution in [0, 0.1) is 5.41 Å². The van der Waals surface area contributed by atoms with Crippen LogP contribution in [0.5, 0.6) is 5.75 Å². The number of nitrogens with zero attached hydrogens (tertiary/aromatic N) is 3. The molecule has 0 fully saturated rings. The number of esters is 1. The van der Waals surface area contributed by atoms with E-state index in [4.69, 9.17) is 23.9 Å². The van der Waals surface area contributed by atoms with Crippen LogP contribution in [0.4, 0.5) is 0 Å². The molecule has 1 unspecified atom stereocenters. The van der Waals surface area contributed by atoms with Crippen molar-refractivity contribution in [3.63, 3.8) is 0 Å². The van der Waals surface area contributed by atoms with E-state index in [0.717, 1.165) is 5.56 Å². The Kier molecular flexibility index (Phi) is 10.6. The number of ether oxygens (including phenoxy) is 3. The molecule has 0 N–H and O–H groups in total. The van der Waals surface area contributed by atoms with Gasteiger partial charge < -0.3 is 14.2 Å². The van der Waals surface area contributed by atoms with Gasteiger partial charge in [0, 0.05) is 16.9 Å². The lowest BCUT2D eigenvalue weighted by Crippen LogP contribution is -2.43.